The van der Waals surface area contributed by atoms with Crippen LogP contribution < -0.4 is 5.73 Å². The minimum absolute atomic E-state index is 0.0737. The quantitative estimate of drug-likeness (QED) is 0.656. The van der Waals surface area contributed by atoms with Gasteiger partial charge in [-0.05, 0) is 13.0 Å². The first-order valence-electron chi connectivity index (χ1n) is 4.04. The summed E-state index contributed by atoms with van der Waals surface area (Å²) in [5, 5.41) is 0. The Morgan fingerprint density at radius 1 is 1.64 bits per heavy atom. The van der Waals surface area contributed by atoms with Crippen molar-refractivity contribution < 1.29 is 17.7 Å². The molecule has 0 heterocycles. The number of nitrogens with two attached hydrogens (primary N) is 1. The lowest BCUT2D eigenvalue weighted by molar-refractivity contribution is 0.299. The second-order valence-corrected chi connectivity index (χ2v) is 4.61. The van der Waals surface area contributed by atoms with E-state index in [1.54, 1.807) is 6.92 Å². The van der Waals surface area contributed by atoms with E-state index < -0.39 is 10.1 Å². The molecule has 0 saturated carbocycles. The average molecular weight is 219 g/mol. The Morgan fingerprint density at radius 3 is 2.64 bits per heavy atom. The summed E-state index contributed by atoms with van der Waals surface area (Å²) in [5.74, 6) is 0.159. The third-order valence-electron chi connectivity index (χ3n) is 2.16. The van der Waals surface area contributed by atoms with Crippen molar-refractivity contribution in [1.82, 2.24) is 0 Å². The fourth-order valence-corrected chi connectivity index (χ4v) is 2.05. The number of rotatable bonds is 2. The van der Waals surface area contributed by atoms with E-state index in [9.17, 15) is 8.42 Å². The molecule has 1 aliphatic carbocycles. The Morgan fingerprint density at radius 2 is 2.21 bits per heavy atom. The summed E-state index contributed by atoms with van der Waals surface area (Å²) in [6.45, 7) is 1.78. The van der Waals surface area contributed by atoms with Crippen LogP contribution in [0.3, 0.4) is 0 Å². The van der Waals surface area contributed by atoms with Gasteiger partial charge in [0, 0.05) is 12.5 Å². The third kappa shape index (κ3) is 2.14. The molecule has 0 aromatic carbocycles. The highest BCUT2D eigenvalue weighted by Gasteiger charge is 2.26. The summed E-state index contributed by atoms with van der Waals surface area (Å²) in [7, 11) is -2.87. The zero-order chi connectivity index (χ0) is 10.9. The number of hydrogen-bond donors (Lipinski definition) is 2. The lowest BCUT2D eigenvalue weighted by atomic mass is 10.0. The second kappa shape index (κ2) is 3.72. The molecule has 14 heavy (non-hydrogen) atoms. The lowest BCUT2D eigenvalue weighted by Gasteiger charge is -2.20. The molecule has 3 N–H and O–H groups in total. The summed E-state index contributed by atoms with van der Waals surface area (Å²) in [5.41, 5.74) is 6.48. The van der Waals surface area contributed by atoms with Crippen molar-refractivity contribution in [1.29, 1.82) is 0 Å². The molecule has 0 aliphatic heterocycles. The normalized spacial score (nSPS) is 23.4. The van der Waals surface area contributed by atoms with Gasteiger partial charge in [-0.2, -0.15) is 8.42 Å². The lowest BCUT2D eigenvalue weighted by Crippen LogP contribution is -2.27. The van der Waals surface area contributed by atoms with Crippen LogP contribution >= 0.6 is 0 Å². The van der Waals surface area contributed by atoms with Crippen molar-refractivity contribution in [2.24, 2.45) is 5.73 Å². The van der Waals surface area contributed by atoms with Crippen molar-refractivity contribution in [3.8, 4) is 0 Å². The fraction of sp³-hybridized carbons (Fsp3) is 0.500. The largest absolute Gasteiger partial charge is 0.496 e. The maximum absolute atomic E-state index is 10.9. The summed E-state index contributed by atoms with van der Waals surface area (Å²) in [4.78, 5) is -0.155. The molecule has 1 aliphatic rings. The summed E-state index contributed by atoms with van der Waals surface area (Å²) in [6.07, 6.45) is 1.60. The van der Waals surface area contributed by atoms with Crippen molar-refractivity contribution in [2.45, 2.75) is 19.4 Å². The summed E-state index contributed by atoms with van der Waals surface area (Å²) in [6, 6.07) is -0.383. The molecular weight excluding hydrogens is 206 g/mol. The molecule has 1 rings (SSSR count). The van der Waals surface area contributed by atoms with Gasteiger partial charge >= 0.3 is 0 Å². The highest BCUT2D eigenvalue weighted by Crippen LogP contribution is 2.26. The molecule has 80 valence electrons. The molecule has 0 fully saturated rings. The second-order valence-electron chi connectivity index (χ2n) is 3.17. The number of hydrogen-bond acceptors (Lipinski definition) is 4. The van der Waals surface area contributed by atoms with E-state index in [0.29, 0.717) is 0 Å². The molecule has 0 spiro atoms. The Balaban J connectivity index is 3.24. The molecular formula is C8H13NO4S. The van der Waals surface area contributed by atoms with Crippen molar-refractivity contribution in [2.75, 3.05) is 7.11 Å². The van der Waals surface area contributed by atoms with Crippen LogP contribution in [0.25, 0.3) is 0 Å². The first-order chi connectivity index (χ1) is 6.36. The maximum Gasteiger partial charge on any atom is 0.294 e. The van der Waals surface area contributed by atoms with Crippen molar-refractivity contribution >= 4 is 10.1 Å². The Hall–Kier alpha value is -0.850. The molecule has 6 heteroatoms. The first kappa shape index (κ1) is 11.2. The number of ether oxygens (including phenoxy) is 1. The van der Waals surface area contributed by atoms with Crippen LogP contribution in [0.5, 0.6) is 0 Å². The van der Waals surface area contributed by atoms with Crippen LogP contribution in [0.4, 0.5) is 0 Å². The van der Waals surface area contributed by atoms with E-state index in [4.69, 9.17) is 15.0 Å². The monoisotopic (exact) mass is 219 g/mol. The van der Waals surface area contributed by atoms with Gasteiger partial charge < -0.3 is 10.5 Å². The first-order valence-corrected chi connectivity index (χ1v) is 5.48. The van der Waals surface area contributed by atoms with Gasteiger partial charge in [0.25, 0.3) is 10.1 Å². The average Bonchev–Trinajstić information content (AvgIpc) is 2.07. The smallest absolute Gasteiger partial charge is 0.294 e. The van der Waals surface area contributed by atoms with E-state index in [1.165, 1.54) is 13.2 Å². The summed E-state index contributed by atoms with van der Waals surface area (Å²) >= 11 is 0. The molecule has 1 unspecified atom stereocenters. The van der Waals surface area contributed by atoms with Gasteiger partial charge in [0.2, 0.25) is 0 Å². The van der Waals surface area contributed by atoms with Crippen molar-refractivity contribution in [3.63, 3.8) is 0 Å². The van der Waals surface area contributed by atoms with Gasteiger partial charge in [-0.1, -0.05) is 5.57 Å². The predicted molar refractivity (Wildman–Crippen MR) is 51.9 cm³/mol. The molecule has 0 saturated heterocycles. The number of methoxy groups -OCH3 is 1. The van der Waals surface area contributed by atoms with Crippen LogP contribution in [0.2, 0.25) is 0 Å². The number of allylic oxidation sites excluding steroid dienone is 1. The minimum Gasteiger partial charge on any atom is -0.496 e. The van der Waals surface area contributed by atoms with E-state index in [1.807, 2.05) is 0 Å². The molecule has 0 amide bonds. The van der Waals surface area contributed by atoms with E-state index in [0.717, 1.165) is 5.57 Å². The zero-order valence-electron chi connectivity index (χ0n) is 8.02. The van der Waals surface area contributed by atoms with E-state index >= 15 is 0 Å². The van der Waals surface area contributed by atoms with Crippen LogP contribution in [-0.4, -0.2) is 26.1 Å². The maximum atomic E-state index is 10.9. The van der Waals surface area contributed by atoms with Crippen molar-refractivity contribution in [3.05, 3.63) is 22.3 Å². The molecule has 0 bridgehead atoms. The standard InChI is InChI=1S/C8H13NO4S/c1-5-3-7(13-2)8(4-6(5)9)14(10,11)12/h3,6H,4,9H2,1-2H3,(H,10,11,12). The minimum atomic E-state index is -4.21. The highest BCUT2D eigenvalue weighted by atomic mass is 32.2. The van der Waals surface area contributed by atoms with Gasteiger partial charge in [0.15, 0.2) is 0 Å². The van der Waals surface area contributed by atoms with Gasteiger partial charge in [-0.3, -0.25) is 4.55 Å². The Kier molecular flexibility index (Phi) is 2.98. The van der Waals surface area contributed by atoms with E-state index in [-0.39, 0.29) is 23.1 Å². The molecule has 0 aromatic heterocycles. The fourth-order valence-electron chi connectivity index (χ4n) is 1.26. The third-order valence-corrected chi connectivity index (χ3v) is 3.15. The van der Waals surface area contributed by atoms with Gasteiger partial charge in [0.1, 0.15) is 10.7 Å². The molecule has 5 nitrogen and oxygen atoms in total. The van der Waals surface area contributed by atoms with Crippen LogP contribution in [-0.2, 0) is 14.9 Å². The molecule has 0 aromatic rings. The SMILES string of the molecule is COC1=C(S(=O)(=O)O)CC(N)C(C)=C1. The van der Waals surface area contributed by atoms with Crippen LogP contribution in [0.15, 0.2) is 22.3 Å². The van der Waals surface area contributed by atoms with Gasteiger partial charge in [-0.15, -0.1) is 0 Å². The van der Waals surface area contributed by atoms with Gasteiger partial charge in [0.05, 0.1) is 7.11 Å². The van der Waals surface area contributed by atoms with E-state index in [2.05, 4.69) is 0 Å². The zero-order valence-corrected chi connectivity index (χ0v) is 8.84. The predicted octanol–water partition coefficient (Wildman–Crippen LogP) is 0.410. The molecule has 1 atom stereocenters. The topological polar surface area (TPSA) is 89.6 Å². The Bertz CT molecular complexity index is 394. The van der Waals surface area contributed by atoms with Gasteiger partial charge in [-0.25, -0.2) is 0 Å². The highest BCUT2D eigenvalue weighted by molar-refractivity contribution is 7.89. The summed E-state index contributed by atoms with van der Waals surface area (Å²) < 4.78 is 35.6. The molecule has 0 radical (unpaired) electrons. The van der Waals surface area contributed by atoms with Crippen LogP contribution in [0.1, 0.15) is 13.3 Å². The van der Waals surface area contributed by atoms with Crippen LogP contribution in [0, 0.1) is 0 Å². The Labute approximate surface area is 83.0 Å².